The lowest BCUT2D eigenvalue weighted by atomic mass is 10.1. The number of benzene rings is 1. The second-order valence-electron chi connectivity index (χ2n) is 2.54. The Labute approximate surface area is 75.2 Å². The third-order valence-electron chi connectivity index (χ3n) is 1.78. The van der Waals surface area contributed by atoms with Crippen LogP contribution in [0.2, 0.25) is 0 Å². The van der Waals surface area contributed by atoms with Crippen LogP contribution in [0.5, 0.6) is 5.75 Å². The number of phenols is 1. The molecule has 0 bridgehead atoms. The Kier molecular flexibility index (Phi) is 2.55. The zero-order chi connectivity index (χ0) is 8.43. The van der Waals surface area contributed by atoms with Crippen molar-refractivity contribution < 1.29 is 5.11 Å². The van der Waals surface area contributed by atoms with Crippen LogP contribution in [0.3, 0.4) is 0 Å². The van der Waals surface area contributed by atoms with Crippen LogP contribution in [0, 0.1) is 6.92 Å². The van der Waals surface area contributed by atoms with Gasteiger partial charge in [0.2, 0.25) is 0 Å². The van der Waals surface area contributed by atoms with Gasteiger partial charge in [-0.25, -0.2) is 0 Å². The van der Waals surface area contributed by atoms with Crippen LogP contribution in [-0.4, -0.2) is 5.11 Å². The zero-order valence-electron chi connectivity index (χ0n) is 6.69. The highest BCUT2D eigenvalue weighted by atomic mass is 79.9. The summed E-state index contributed by atoms with van der Waals surface area (Å²) in [7, 11) is 0. The molecule has 0 saturated carbocycles. The van der Waals surface area contributed by atoms with Crippen molar-refractivity contribution in [2.45, 2.75) is 20.3 Å². The molecule has 11 heavy (non-hydrogen) atoms. The quantitative estimate of drug-likeness (QED) is 0.763. The number of phenolic OH excluding ortho intramolecular Hbond substituents is 1. The van der Waals surface area contributed by atoms with E-state index in [9.17, 15) is 5.11 Å². The van der Waals surface area contributed by atoms with Crippen LogP contribution in [0.1, 0.15) is 18.1 Å². The lowest BCUT2D eigenvalue weighted by Gasteiger charge is -2.06. The van der Waals surface area contributed by atoms with E-state index in [2.05, 4.69) is 15.9 Å². The van der Waals surface area contributed by atoms with Gasteiger partial charge in [0.25, 0.3) is 0 Å². The maximum Gasteiger partial charge on any atom is 0.122 e. The van der Waals surface area contributed by atoms with Gasteiger partial charge >= 0.3 is 0 Å². The van der Waals surface area contributed by atoms with Gasteiger partial charge in [0.05, 0.1) is 0 Å². The number of hydrogen-bond donors (Lipinski definition) is 1. The van der Waals surface area contributed by atoms with Crippen LogP contribution < -0.4 is 0 Å². The summed E-state index contributed by atoms with van der Waals surface area (Å²) in [5.74, 6) is 0.418. The number of halogens is 1. The van der Waals surface area contributed by atoms with E-state index in [0.29, 0.717) is 5.75 Å². The largest absolute Gasteiger partial charge is 0.507 e. The standard InChI is InChI=1S/C9H11BrO/c1-3-7-8(10)5-4-6(2)9(7)11/h4-5,11H,3H2,1-2H3. The predicted molar refractivity (Wildman–Crippen MR) is 49.9 cm³/mol. The average Bonchev–Trinajstić information content (AvgIpc) is 1.99. The smallest absolute Gasteiger partial charge is 0.122 e. The van der Waals surface area contributed by atoms with Crippen LogP contribution in [0.4, 0.5) is 0 Å². The third-order valence-corrected chi connectivity index (χ3v) is 2.52. The summed E-state index contributed by atoms with van der Waals surface area (Å²) in [5.41, 5.74) is 1.93. The molecular weight excluding hydrogens is 204 g/mol. The summed E-state index contributed by atoms with van der Waals surface area (Å²) < 4.78 is 0.989. The summed E-state index contributed by atoms with van der Waals surface area (Å²) in [5, 5.41) is 9.55. The van der Waals surface area contributed by atoms with Crippen molar-refractivity contribution in [2.75, 3.05) is 0 Å². The Bertz CT molecular complexity index is 269. The van der Waals surface area contributed by atoms with Gasteiger partial charge in [-0.05, 0) is 25.0 Å². The molecule has 1 aromatic rings. The average molecular weight is 215 g/mol. The van der Waals surface area contributed by atoms with E-state index in [4.69, 9.17) is 0 Å². The highest BCUT2D eigenvalue weighted by Crippen LogP contribution is 2.29. The molecule has 0 amide bonds. The van der Waals surface area contributed by atoms with Gasteiger partial charge in [0, 0.05) is 10.0 Å². The maximum atomic E-state index is 9.55. The Morgan fingerprint density at radius 3 is 2.55 bits per heavy atom. The van der Waals surface area contributed by atoms with E-state index in [1.807, 2.05) is 26.0 Å². The fourth-order valence-corrected chi connectivity index (χ4v) is 1.67. The summed E-state index contributed by atoms with van der Waals surface area (Å²) in [6.45, 7) is 3.93. The molecule has 1 rings (SSSR count). The summed E-state index contributed by atoms with van der Waals surface area (Å²) >= 11 is 3.38. The second-order valence-corrected chi connectivity index (χ2v) is 3.40. The topological polar surface area (TPSA) is 20.2 Å². The Hall–Kier alpha value is -0.500. The molecule has 1 nitrogen and oxygen atoms in total. The first kappa shape index (κ1) is 8.60. The first-order valence-electron chi connectivity index (χ1n) is 3.63. The molecule has 0 saturated heterocycles. The van der Waals surface area contributed by atoms with Crippen molar-refractivity contribution >= 4 is 15.9 Å². The highest BCUT2D eigenvalue weighted by Gasteiger charge is 2.05. The third kappa shape index (κ3) is 1.56. The van der Waals surface area contributed by atoms with Crippen molar-refractivity contribution in [1.82, 2.24) is 0 Å². The molecule has 0 spiro atoms. The molecule has 0 aliphatic heterocycles. The molecule has 0 atom stereocenters. The molecule has 0 radical (unpaired) electrons. The zero-order valence-corrected chi connectivity index (χ0v) is 8.27. The number of aromatic hydroxyl groups is 1. The normalized spacial score (nSPS) is 10.1. The van der Waals surface area contributed by atoms with E-state index in [1.54, 1.807) is 0 Å². The molecule has 1 N–H and O–H groups in total. The summed E-state index contributed by atoms with van der Waals surface area (Å²) in [6.07, 6.45) is 0.855. The molecule has 0 aromatic heterocycles. The van der Waals surface area contributed by atoms with Crippen LogP contribution in [0.15, 0.2) is 16.6 Å². The van der Waals surface area contributed by atoms with Crippen molar-refractivity contribution in [3.05, 3.63) is 27.7 Å². The Morgan fingerprint density at radius 1 is 1.45 bits per heavy atom. The number of aryl methyl sites for hydroxylation is 1. The van der Waals surface area contributed by atoms with Crippen molar-refractivity contribution in [2.24, 2.45) is 0 Å². The van der Waals surface area contributed by atoms with Gasteiger partial charge in [-0.3, -0.25) is 0 Å². The minimum atomic E-state index is 0.418. The van der Waals surface area contributed by atoms with E-state index in [-0.39, 0.29) is 0 Å². The van der Waals surface area contributed by atoms with E-state index < -0.39 is 0 Å². The second kappa shape index (κ2) is 3.26. The first-order valence-corrected chi connectivity index (χ1v) is 4.43. The molecule has 60 valence electrons. The highest BCUT2D eigenvalue weighted by molar-refractivity contribution is 9.10. The SMILES string of the molecule is CCc1c(Br)ccc(C)c1O. The molecule has 1 aromatic carbocycles. The molecule has 0 aliphatic carbocycles. The fourth-order valence-electron chi connectivity index (χ4n) is 1.07. The molecule has 0 unspecified atom stereocenters. The minimum Gasteiger partial charge on any atom is -0.507 e. The number of hydrogen-bond acceptors (Lipinski definition) is 1. The van der Waals surface area contributed by atoms with E-state index in [0.717, 1.165) is 22.0 Å². The van der Waals surface area contributed by atoms with E-state index >= 15 is 0 Å². The van der Waals surface area contributed by atoms with Crippen molar-refractivity contribution in [1.29, 1.82) is 0 Å². The summed E-state index contributed by atoms with van der Waals surface area (Å²) in [6, 6.07) is 3.87. The van der Waals surface area contributed by atoms with Crippen molar-refractivity contribution in [3.8, 4) is 5.75 Å². The van der Waals surface area contributed by atoms with Crippen molar-refractivity contribution in [3.63, 3.8) is 0 Å². The molecule has 0 heterocycles. The maximum absolute atomic E-state index is 9.55. The van der Waals surface area contributed by atoms with Crippen LogP contribution in [-0.2, 0) is 6.42 Å². The van der Waals surface area contributed by atoms with Gasteiger partial charge in [0.1, 0.15) is 5.75 Å². The monoisotopic (exact) mass is 214 g/mol. The Morgan fingerprint density at radius 2 is 2.09 bits per heavy atom. The van der Waals surface area contributed by atoms with Crippen LogP contribution in [0.25, 0.3) is 0 Å². The van der Waals surface area contributed by atoms with Gasteiger partial charge in [-0.1, -0.05) is 28.9 Å². The van der Waals surface area contributed by atoms with Crippen LogP contribution >= 0.6 is 15.9 Å². The molecular formula is C9H11BrO. The molecule has 2 heteroatoms. The lowest BCUT2D eigenvalue weighted by molar-refractivity contribution is 0.464. The van der Waals surface area contributed by atoms with E-state index in [1.165, 1.54) is 0 Å². The minimum absolute atomic E-state index is 0.418. The lowest BCUT2D eigenvalue weighted by Crippen LogP contribution is -1.86. The molecule has 0 fully saturated rings. The molecule has 0 aliphatic rings. The van der Waals surface area contributed by atoms with Gasteiger partial charge < -0.3 is 5.11 Å². The van der Waals surface area contributed by atoms with Gasteiger partial charge in [-0.2, -0.15) is 0 Å². The fraction of sp³-hybridized carbons (Fsp3) is 0.333. The predicted octanol–water partition coefficient (Wildman–Crippen LogP) is 3.03. The first-order chi connectivity index (χ1) is 5.16. The van der Waals surface area contributed by atoms with Gasteiger partial charge in [-0.15, -0.1) is 0 Å². The van der Waals surface area contributed by atoms with Gasteiger partial charge in [0.15, 0.2) is 0 Å². The Balaban J connectivity index is 3.29. The number of rotatable bonds is 1. The summed E-state index contributed by atoms with van der Waals surface area (Å²) in [4.78, 5) is 0.